The number of hydrogen-bond donors (Lipinski definition) is 1. The lowest BCUT2D eigenvalue weighted by molar-refractivity contribution is -0.190. The van der Waals surface area contributed by atoms with Crippen LogP contribution in [-0.4, -0.2) is 83.8 Å². The van der Waals surface area contributed by atoms with Gasteiger partial charge in [-0.25, -0.2) is 4.79 Å². The fourth-order valence-electron chi connectivity index (χ4n) is 6.95. The molecular weight excluding hydrogens is 526 g/mol. The normalized spacial score (nSPS) is 29.3. The number of carbonyl (C=O) groups excluding carboxylic acids is 3. The maximum absolute atomic E-state index is 13.8. The summed E-state index contributed by atoms with van der Waals surface area (Å²) in [5.41, 5.74) is -0.0987. The zero-order valence-corrected chi connectivity index (χ0v) is 25.4. The molecule has 0 radical (unpaired) electrons. The van der Waals surface area contributed by atoms with E-state index in [1.807, 2.05) is 17.0 Å². The van der Waals surface area contributed by atoms with Gasteiger partial charge >= 0.3 is 6.09 Å². The second-order valence-electron chi connectivity index (χ2n) is 13.4. The molecule has 4 aliphatic rings. The van der Waals surface area contributed by atoms with E-state index in [2.05, 4.69) is 25.2 Å². The molecule has 3 amide bonds. The second-order valence-corrected chi connectivity index (χ2v) is 13.4. The second kappa shape index (κ2) is 11.0. The molecular formula is C31H45N3O7. The lowest BCUT2D eigenvalue weighted by atomic mass is 9.70. The van der Waals surface area contributed by atoms with E-state index in [0.717, 1.165) is 30.6 Å². The molecule has 1 aromatic carbocycles. The highest BCUT2D eigenvalue weighted by Gasteiger charge is 2.52. The van der Waals surface area contributed by atoms with Gasteiger partial charge in [0.25, 0.3) is 0 Å². The monoisotopic (exact) mass is 571 g/mol. The number of alkyl carbamates (subject to hydrolysis) is 1. The molecule has 3 saturated heterocycles. The largest absolute Gasteiger partial charge is 0.493 e. The van der Waals surface area contributed by atoms with Crippen molar-refractivity contribution in [2.45, 2.75) is 103 Å². The molecule has 4 aliphatic heterocycles. The lowest BCUT2D eigenvalue weighted by Crippen LogP contribution is -2.58. The third-order valence-electron chi connectivity index (χ3n) is 8.94. The van der Waals surface area contributed by atoms with E-state index in [9.17, 15) is 14.4 Å². The summed E-state index contributed by atoms with van der Waals surface area (Å²) in [7, 11) is 1.65. The van der Waals surface area contributed by atoms with E-state index >= 15 is 0 Å². The van der Waals surface area contributed by atoms with Gasteiger partial charge in [0.1, 0.15) is 23.3 Å². The Morgan fingerprint density at radius 1 is 1.15 bits per heavy atom. The number of carbonyl (C=O) groups is 3. The van der Waals surface area contributed by atoms with Gasteiger partial charge in [0.05, 0.1) is 19.3 Å². The summed E-state index contributed by atoms with van der Waals surface area (Å²) in [6, 6.07) is 4.64. The van der Waals surface area contributed by atoms with E-state index < -0.39 is 29.4 Å². The molecule has 226 valence electrons. The topological polar surface area (TPSA) is 107 Å². The number of rotatable bonds is 4. The van der Waals surface area contributed by atoms with Crippen molar-refractivity contribution in [2.75, 3.05) is 26.7 Å². The predicted molar refractivity (Wildman–Crippen MR) is 152 cm³/mol. The van der Waals surface area contributed by atoms with Crippen LogP contribution in [-0.2, 0) is 19.1 Å². The maximum Gasteiger partial charge on any atom is 0.408 e. The van der Waals surface area contributed by atoms with Gasteiger partial charge in [-0.3, -0.25) is 9.59 Å². The average Bonchev–Trinajstić information content (AvgIpc) is 3.39. The average molecular weight is 572 g/mol. The van der Waals surface area contributed by atoms with E-state index in [0.29, 0.717) is 31.8 Å². The van der Waals surface area contributed by atoms with Gasteiger partial charge in [-0.15, -0.1) is 0 Å². The predicted octanol–water partition coefficient (Wildman–Crippen LogP) is 4.07. The van der Waals surface area contributed by atoms with Crippen LogP contribution in [0.1, 0.15) is 78.9 Å². The van der Waals surface area contributed by atoms with Gasteiger partial charge in [0.2, 0.25) is 11.8 Å². The molecule has 1 N–H and O–H groups in total. The number of amides is 3. The van der Waals surface area contributed by atoms with Gasteiger partial charge < -0.3 is 34.1 Å². The van der Waals surface area contributed by atoms with Crippen LogP contribution in [0.4, 0.5) is 4.79 Å². The van der Waals surface area contributed by atoms with Gasteiger partial charge in [0, 0.05) is 37.0 Å². The molecule has 6 atom stereocenters. The Morgan fingerprint density at radius 3 is 2.61 bits per heavy atom. The quantitative estimate of drug-likeness (QED) is 0.581. The highest BCUT2D eigenvalue weighted by atomic mass is 16.6. The Kier molecular flexibility index (Phi) is 7.91. The highest BCUT2D eigenvalue weighted by Crippen LogP contribution is 2.55. The molecule has 41 heavy (non-hydrogen) atoms. The van der Waals surface area contributed by atoms with E-state index in [-0.39, 0.29) is 35.9 Å². The standard InChI is InChI=1S/C31H45N3O7/c1-18(32-29(37)41-30(2,3)4)27(35)34-14-9-11-22(34)28(36)33-15-13-23-19(17-33)16-21-25(39-23)20-10-8-12-24(38-7)26(20)40-31(21,5)6/h8,10,12,18-19,21-23,25H,9,11,13-17H2,1-7H3,(H,32,37)/t18-,19-,21+,22-,23+,25-/m0/s1. The molecule has 0 spiro atoms. The van der Waals surface area contributed by atoms with Crippen molar-refractivity contribution in [3.05, 3.63) is 23.8 Å². The van der Waals surface area contributed by atoms with Crippen molar-refractivity contribution in [1.82, 2.24) is 15.1 Å². The zero-order chi connectivity index (χ0) is 29.7. The summed E-state index contributed by atoms with van der Waals surface area (Å²) in [6.07, 6.45) is 2.32. The number of methoxy groups -OCH3 is 1. The molecule has 0 aliphatic carbocycles. The summed E-state index contributed by atoms with van der Waals surface area (Å²) in [5.74, 6) is 1.50. The molecule has 0 saturated carbocycles. The van der Waals surface area contributed by atoms with Crippen LogP contribution >= 0.6 is 0 Å². The van der Waals surface area contributed by atoms with Crippen LogP contribution < -0.4 is 14.8 Å². The molecule has 4 heterocycles. The number of benzene rings is 1. The minimum absolute atomic E-state index is 0.0184. The third-order valence-corrected chi connectivity index (χ3v) is 8.94. The number of likely N-dealkylation sites (tertiary alicyclic amines) is 2. The first kappa shape index (κ1) is 29.5. The first-order chi connectivity index (χ1) is 19.3. The van der Waals surface area contributed by atoms with Crippen LogP contribution in [0.5, 0.6) is 11.5 Å². The summed E-state index contributed by atoms with van der Waals surface area (Å²) in [6.45, 7) is 12.8. The number of para-hydroxylation sites is 1. The summed E-state index contributed by atoms with van der Waals surface area (Å²) >= 11 is 0. The van der Waals surface area contributed by atoms with E-state index in [4.69, 9.17) is 18.9 Å². The summed E-state index contributed by atoms with van der Waals surface area (Å²) in [4.78, 5) is 42.9. The third kappa shape index (κ3) is 5.85. The van der Waals surface area contributed by atoms with Crippen LogP contribution in [0.25, 0.3) is 0 Å². The SMILES string of the molecule is COc1cccc2c1OC(C)(C)[C@@H]1C[C@H]3CN(C(=O)[C@@H]4CCCN4C(=O)[C@H](C)NC(=O)OC(C)(C)C)CC[C@H]3O[C@@H]21. The number of nitrogens with zero attached hydrogens (tertiary/aromatic N) is 2. The smallest absolute Gasteiger partial charge is 0.408 e. The van der Waals surface area contributed by atoms with Gasteiger partial charge in [-0.1, -0.05) is 12.1 Å². The Labute approximate surface area is 243 Å². The first-order valence-corrected chi connectivity index (χ1v) is 14.9. The Balaban J connectivity index is 1.25. The first-order valence-electron chi connectivity index (χ1n) is 14.9. The van der Waals surface area contributed by atoms with Crippen LogP contribution in [0.15, 0.2) is 18.2 Å². The Bertz CT molecular complexity index is 1180. The fraction of sp³-hybridized carbons (Fsp3) is 0.710. The van der Waals surface area contributed by atoms with Crippen molar-refractivity contribution in [3.8, 4) is 11.5 Å². The van der Waals surface area contributed by atoms with Gasteiger partial charge in [-0.05, 0) is 73.3 Å². The molecule has 5 rings (SSSR count). The number of nitrogens with one attached hydrogen (secondary N) is 1. The van der Waals surface area contributed by atoms with E-state index in [1.54, 1.807) is 39.7 Å². The van der Waals surface area contributed by atoms with Crippen molar-refractivity contribution in [2.24, 2.45) is 11.8 Å². The Morgan fingerprint density at radius 2 is 1.90 bits per heavy atom. The zero-order valence-electron chi connectivity index (χ0n) is 25.4. The minimum atomic E-state index is -0.789. The Hall–Kier alpha value is -3.01. The molecule has 10 heteroatoms. The fourth-order valence-corrected chi connectivity index (χ4v) is 6.95. The van der Waals surface area contributed by atoms with Gasteiger partial charge in [-0.2, -0.15) is 0 Å². The maximum atomic E-state index is 13.8. The molecule has 10 nitrogen and oxygen atoms in total. The number of piperidine rings is 1. The number of fused-ring (bicyclic) bond motifs is 4. The number of hydrogen-bond acceptors (Lipinski definition) is 7. The van der Waals surface area contributed by atoms with Crippen molar-refractivity contribution in [1.29, 1.82) is 0 Å². The van der Waals surface area contributed by atoms with Crippen LogP contribution in [0, 0.1) is 11.8 Å². The van der Waals surface area contributed by atoms with Crippen molar-refractivity contribution >= 4 is 17.9 Å². The van der Waals surface area contributed by atoms with Crippen LogP contribution in [0.2, 0.25) is 0 Å². The van der Waals surface area contributed by atoms with Crippen molar-refractivity contribution < 1.29 is 33.3 Å². The van der Waals surface area contributed by atoms with Crippen molar-refractivity contribution in [3.63, 3.8) is 0 Å². The number of ether oxygens (including phenoxy) is 4. The van der Waals surface area contributed by atoms with E-state index in [1.165, 1.54) is 0 Å². The molecule has 0 aromatic heterocycles. The molecule has 0 bridgehead atoms. The summed E-state index contributed by atoms with van der Waals surface area (Å²) < 4.78 is 24.2. The molecule has 3 fully saturated rings. The lowest BCUT2D eigenvalue weighted by Gasteiger charge is -2.53. The highest BCUT2D eigenvalue weighted by molar-refractivity contribution is 5.91. The summed E-state index contributed by atoms with van der Waals surface area (Å²) in [5, 5.41) is 2.62. The van der Waals surface area contributed by atoms with Gasteiger partial charge in [0.15, 0.2) is 11.5 Å². The van der Waals surface area contributed by atoms with Crippen LogP contribution in [0.3, 0.4) is 0 Å². The minimum Gasteiger partial charge on any atom is -0.493 e. The molecule has 1 aromatic rings. The molecule has 0 unspecified atom stereocenters.